The Morgan fingerprint density at radius 1 is 1.16 bits per heavy atom. The summed E-state index contributed by atoms with van der Waals surface area (Å²) < 4.78 is 5.22. The van der Waals surface area contributed by atoms with Crippen LogP contribution in [0.5, 0.6) is 0 Å². The van der Waals surface area contributed by atoms with Crippen molar-refractivity contribution in [3.05, 3.63) is 36.5 Å². The van der Waals surface area contributed by atoms with Crippen molar-refractivity contribution in [1.82, 2.24) is 0 Å². The number of esters is 1. The monoisotopic (exact) mass is 264 g/mol. The summed E-state index contributed by atoms with van der Waals surface area (Å²) in [6.45, 7) is 1.89. The summed E-state index contributed by atoms with van der Waals surface area (Å²) in [7, 11) is 0. The van der Waals surface area contributed by atoms with Gasteiger partial charge in [0.05, 0.1) is 6.10 Å². The first-order valence-electron chi connectivity index (χ1n) is 7.05. The first kappa shape index (κ1) is 15.7. The number of aliphatic hydroxyl groups is 1. The molecule has 0 amide bonds. The molecule has 2 atom stereocenters. The van der Waals surface area contributed by atoms with Gasteiger partial charge in [-0.2, -0.15) is 0 Å². The highest BCUT2D eigenvalue weighted by Gasteiger charge is 2.05. The predicted molar refractivity (Wildman–Crippen MR) is 76.7 cm³/mol. The summed E-state index contributed by atoms with van der Waals surface area (Å²) in [5, 5.41) is 9.74. The number of hydrogen-bond donors (Lipinski definition) is 1. The molecule has 0 fully saturated rings. The first-order chi connectivity index (χ1) is 9.18. The molecular weight excluding hydrogens is 240 g/mol. The summed E-state index contributed by atoms with van der Waals surface area (Å²) in [6, 6.07) is 0. The fraction of sp³-hybridized carbons (Fsp3) is 0.562. The molecule has 0 aliphatic carbocycles. The van der Waals surface area contributed by atoms with Crippen LogP contribution in [0.25, 0.3) is 0 Å². The molecule has 106 valence electrons. The van der Waals surface area contributed by atoms with E-state index in [-0.39, 0.29) is 18.2 Å². The van der Waals surface area contributed by atoms with Crippen LogP contribution in [0.4, 0.5) is 0 Å². The summed E-state index contributed by atoms with van der Waals surface area (Å²) >= 11 is 0. The number of cyclic esters (lactones) is 1. The van der Waals surface area contributed by atoms with Crippen LogP contribution >= 0.6 is 0 Å². The lowest BCUT2D eigenvalue weighted by Gasteiger charge is -2.09. The Bertz CT molecular complexity index is 342. The van der Waals surface area contributed by atoms with Gasteiger partial charge in [-0.25, -0.2) is 4.79 Å². The quantitative estimate of drug-likeness (QED) is 0.683. The second kappa shape index (κ2) is 9.56. The van der Waals surface area contributed by atoms with Gasteiger partial charge in [-0.15, -0.1) is 0 Å². The molecular formula is C16H24O3. The number of ether oxygens (including phenoxy) is 1. The van der Waals surface area contributed by atoms with Gasteiger partial charge in [-0.1, -0.05) is 30.4 Å². The Labute approximate surface area is 115 Å². The summed E-state index contributed by atoms with van der Waals surface area (Å²) in [5.74, 6) is -0.288. The minimum Gasteiger partial charge on any atom is -0.459 e. The Kier molecular flexibility index (Phi) is 7.91. The lowest BCUT2D eigenvalue weighted by molar-refractivity contribution is -0.141. The van der Waals surface area contributed by atoms with Crippen LogP contribution in [0, 0.1) is 0 Å². The van der Waals surface area contributed by atoms with Crippen molar-refractivity contribution in [3.8, 4) is 0 Å². The van der Waals surface area contributed by atoms with E-state index in [4.69, 9.17) is 4.74 Å². The molecule has 19 heavy (non-hydrogen) atoms. The van der Waals surface area contributed by atoms with E-state index in [2.05, 4.69) is 6.08 Å². The van der Waals surface area contributed by atoms with Crippen molar-refractivity contribution in [3.63, 3.8) is 0 Å². The third-order valence-electron chi connectivity index (χ3n) is 3.00. The van der Waals surface area contributed by atoms with Crippen molar-refractivity contribution >= 4 is 5.97 Å². The largest absolute Gasteiger partial charge is 0.459 e. The summed E-state index contributed by atoms with van der Waals surface area (Å²) in [4.78, 5) is 11.5. The highest BCUT2D eigenvalue weighted by molar-refractivity contribution is 5.81. The SMILES string of the molecule is CC1C/C=C/C=C/CCC(O)CCC/C=C/C(=O)O1. The van der Waals surface area contributed by atoms with Gasteiger partial charge in [0.15, 0.2) is 0 Å². The number of carbonyl (C=O) groups is 1. The second-order valence-electron chi connectivity index (χ2n) is 4.90. The summed E-state index contributed by atoms with van der Waals surface area (Å²) in [5.41, 5.74) is 0. The number of rotatable bonds is 0. The zero-order valence-corrected chi connectivity index (χ0v) is 11.6. The number of aliphatic hydroxyl groups excluding tert-OH is 1. The van der Waals surface area contributed by atoms with Gasteiger partial charge in [-0.05, 0) is 39.0 Å². The van der Waals surface area contributed by atoms with Crippen LogP contribution in [-0.2, 0) is 9.53 Å². The van der Waals surface area contributed by atoms with Gasteiger partial charge in [0, 0.05) is 12.5 Å². The van der Waals surface area contributed by atoms with E-state index in [1.807, 2.05) is 31.2 Å². The van der Waals surface area contributed by atoms with Crippen LogP contribution in [0.3, 0.4) is 0 Å². The van der Waals surface area contributed by atoms with Crippen molar-refractivity contribution in [1.29, 1.82) is 0 Å². The third kappa shape index (κ3) is 8.38. The van der Waals surface area contributed by atoms with E-state index in [0.717, 1.165) is 32.1 Å². The highest BCUT2D eigenvalue weighted by atomic mass is 16.5. The van der Waals surface area contributed by atoms with Gasteiger partial charge < -0.3 is 9.84 Å². The lowest BCUT2D eigenvalue weighted by Crippen LogP contribution is -2.11. The molecule has 0 bridgehead atoms. The molecule has 1 heterocycles. The van der Waals surface area contributed by atoms with Crippen molar-refractivity contribution < 1.29 is 14.6 Å². The maximum Gasteiger partial charge on any atom is 0.330 e. The first-order valence-corrected chi connectivity index (χ1v) is 7.05. The smallest absolute Gasteiger partial charge is 0.330 e. The standard InChI is InChI=1S/C16H24O3/c1-14-10-6-3-2-4-7-11-15(17)12-8-5-9-13-16(18)19-14/h2-4,6,9,13-15,17H,5,7-8,10-12H2,1H3/b4-2+,6-3+,13-9+. The van der Waals surface area contributed by atoms with Crippen molar-refractivity contribution in [2.45, 2.75) is 57.7 Å². The number of carbonyl (C=O) groups excluding carboxylic acids is 1. The number of allylic oxidation sites excluding steroid dienone is 4. The maximum atomic E-state index is 11.5. The van der Waals surface area contributed by atoms with Crippen LogP contribution in [0.1, 0.15) is 45.4 Å². The van der Waals surface area contributed by atoms with E-state index in [0.29, 0.717) is 6.42 Å². The van der Waals surface area contributed by atoms with Crippen molar-refractivity contribution in [2.75, 3.05) is 0 Å². The third-order valence-corrected chi connectivity index (χ3v) is 3.00. The fourth-order valence-corrected chi connectivity index (χ4v) is 1.89. The molecule has 0 saturated heterocycles. The van der Waals surface area contributed by atoms with Gasteiger partial charge in [0.2, 0.25) is 0 Å². The Hall–Kier alpha value is -1.35. The molecule has 3 heteroatoms. The molecule has 0 aromatic carbocycles. The van der Waals surface area contributed by atoms with Gasteiger partial charge in [-0.3, -0.25) is 0 Å². The van der Waals surface area contributed by atoms with E-state index in [9.17, 15) is 9.90 Å². The Balaban J connectivity index is 2.51. The molecule has 3 nitrogen and oxygen atoms in total. The topological polar surface area (TPSA) is 46.5 Å². The maximum absolute atomic E-state index is 11.5. The molecule has 1 N–H and O–H groups in total. The molecule has 0 spiro atoms. The van der Waals surface area contributed by atoms with E-state index >= 15 is 0 Å². The average molecular weight is 264 g/mol. The molecule has 1 rings (SSSR count). The molecule has 1 aliphatic rings. The van der Waals surface area contributed by atoms with E-state index in [1.165, 1.54) is 6.08 Å². The zero-order valence-electron chi connectivity index (χ0n) is 11.6. The Morgan fingerprint density at radius 2 is 1.95 bits per heavy atom. The normalized spacial score (nSPS) is 32.2. The minimum atomic E-state index is -0.288. The molecule has 0 aromatic heterocycles. The average Bonchev–Trinajstić information content (AvgIpc) is 2.36. The molecule has 0 aromatic rings. The van der Waals surface area contributed by atoms with E-state index < -0.39 is 0 Å². The zero-order chi connectivity index (χ0) is 13.9. The van der Waals surface area contributed by atoms with Crippen LogP contribution in [0.2, 0.25) is 0 Å². The fourth-order valence-electron chi connectivity index (χ4n) is 1.89. The second-order valence-corrected chi connectivity index (χ2v) is 4.90. The number of hydrogen-bond acceptors (Lipinski definition) is 3. The molecule has 0 saturated carbocycles. The van der Waals surface area contributed by atoms with Gasteiger partial charge in [0.25, 0.3) is 0 Å². The Morgan fingerprint density at radius 3 is 2.79 bits per heavy atom. The highest BCUT2D eigenvalue weighted by Crippen LogP contribution is 2.09. The van der Waals surface area contributed by atoms with Crippen LogP contribution < -0.4 is 0 Å². The van der Waals surface area contributed by atoms with Crippen LogP contribution in [0.15, 0.2) is 36.5 Å². The van der Waals surface area contributed by atoms with Crippen molar-refractivity contribution in [2.24, 2.45) is 0 Å². The summed E-state index contributed by atoms with van der Waals surface area (Å²) in [6.07, 6.45) is 15.8. The lowest BCUT2D eigenvalue weighted by atomic mass is 10.1. The molecule has 2 unspecified atom stereocenters. The molecule has 0 radical (unpaired) electrons. The van der Waals surface area contributed by atoms with E-state index in [1.54, 1.807) is 0 Å². The van der Waals surface area contributed by atoms with Gasteiger partial charge >= 0.3 is 5.97 Å². The van der Waals surface area contributed by atoms with Gasteiger partial charge in [0.1, 0.15) is 6.10 Å². The molecule has 1 aliphatic heterocycles. The minimum absolute atomic E-state index is 0.100. The van der Waals surface area contributed by atoms with Crippen LogP contribution in [-0.4, -0.2) is 23.3 Å². The predicted octanol–water partition coefficient (Wildman–Crippen LogP) is 3.30.